The van der Waals surface area contributed by atoms with Crippen LogP contribution in [0.5, 0.6) is 0 Å². The predicted molar refractivity (Wildman–Crippen MR) is 579 cm³/mol. The summed E-state index contributed by atoms with van der Waals surface area (Å²) in [6.07, 6.45) is 5.33. The Hall–Kier alpha value is -9.58. The molecule has 20 heteroatoms. The number of thiophene rings is 4. The molecule has 15 aromatic rings. The maximum absolute atomic E-state index is 11.5. The summed E-state index contributed by atoms with van der Waals surface area (Å²) >= 11 is 6.95. The number of aryl methyl sites for hydroxylation is 6. The molecule has 0 spiro atoms. The monoisotopic (exact) mass is 2660 g/mol. The van der Waals surface area contributed by atoms with Gasteiger partial charge in [-0.25, -0.2) is 45.3 Å². The summed E-state index contributed by atoms with van der Waals surface area (Å²) in [4.78, 5) is 74.6. The summed E-state index contributed by atoms with van der Waals surface area (Å²) in [5, 5.41) is 43.1. The second-order valence-corrected chi connectivity index (χ2v) is 46.9. The van der Waals surface area contributed by atoms with Gasteiger partial charge in [-0.05, 0) is 95.6 Å². The Kier molecular flexibility index (Phi) is 46.6. The Balaban J connectivity index is 0.000000337. The number of rotatable bonds is 11. The van der Waals surface area contributed by atoms with E-state index in [1.54, 1.807) is 45.3 Å². The summed E-state index contributed by atoms with van der Waals surface area (Å²) in [6, 6.07) is 92.9. The third-order valence-electron chi connectivity index (χ3n) is 21.3. The maximum atomic E-state index is 11.5. The van der Waals surface area contributed by atoms with E-state index in [0.717, 1.165) is 64.4 Å². The van der Waals surface area contributed by atoms with Gasteiger partial charge in [-0.15, -0.1) is 0 Å². The fraction of sp³-hybridized carbons (Fsp3) is 0.317. The van der Waals surface area contributed by atoms with Crippen molar-refractivity contribution < 1.29 is 120 Å². The molecule has 748 valence electrons. The number of benzene rings is 7. The van der Waals surface area contributed by atoms with E-state index in [9.17, 15) is 39.6 Å². The van der Waals surface area contributed by atoms with Crippen molar-refractivity contribution in [3.05, 3.63) is 333 Å². The molecule has 0 saturated carbocycles. The number of nitrogens with zero attached hydrogens (tertiary/aromatic N) is 4. The third-order valence-corrected chi connectivity index (χ3v) is 25.4. The van der Waals surface area contributed by atoms with Crippen molar-refractivity contribution in [2.24, 2.45) is 43.3 Å². The van der Waals surface area contributed by atoms with Crippen molar-refractivity contribution in [3.8, 4) is 75.0 Å². The van der Waals surface area contributed by atoms with Crippen molar-refractivity contribution in [3.63, 3.8) is 0 Å². The Bertz CT molecular complexity index is 6560. The topological polar surface area (TPSA) is 201 Å². The first kappa shape index (κ1) is 123. The zero-order chi connectivity index (χ0) is 101. The molecule has 0 aliphatic rings. The molecule has 0 bridgehead atoms. The van der Waals surface area contributed by atoms with Crippen LogP contribution in [0, 0.1) is 109 Å². The summed E-state index contributed by atoms with van der Waals surface area (Å²) in [5.74, 6) is 0.416. The second kappa shape index (κ2) is 53.1. The second-order valence-electron chi connectivity index (χ2n) is 42.1. The van der Waals surface area contributed by atoms with Crippen LogP contribution in [0.1, 0.15) is 197 Å². The molecule has 8 heterocycles. The van der Waals surface area contributed by atoms with Gasteiger partial charge in [0.05, 0.1) is 22.1 Å². The van der Waals surface area contributed by atoms with Gasteiger partial charge in [0.15, 0.2) is 23.1 Å². The van der Waals surface area contributed by atoms with Crippen LogP contribution in [0.4, 0.5) is 0 Å². The largest absolute Gasteiger partial charge is 0.512 e. The Labute approximate surface area is 902 Å². The number of aliphatic hydroxyl groups excluding tert-OH is 4. The van der Waals surface area contributed by atoms with E-state index in [0.29, 0.717) is 0 Å². The van der Waals surface area contributed by atoms with Crippen LogP contribution >= 0.6 is 45.3 Å². The SMILES string of the molecule is CC(C)(C)C(=O)C=C(O)C(C)(C)C.CC(C)(C)C(=O)C=C(O)C(C)(C)C.CC(C)(C)C(=O)C=C(O)C(C)(C)C.CC(C)(C)C(=O)C=C(O)C(C)(C)C.Cc1c[c-]c(-c2cc(-c3ccccc3)c3ccccc3n2)s1.Cc1c[c-]c(-c2cc(C)c3ccccc3n2)s1.Cc1cc(-c2[c-]cc(-c3ccccc3)s2)nc2ccccc12.Cc1ccc2c(-c3ccccc3)cc(-c3[c-]cc(C)s3)nc2c1.[Ir].[Ir].[Ir].[Ir]. The number of fused-ring (bicyclic) bond motifs is 4. The van der Waals surface area contributed by atoms with Crippen LogP contribution in [0.3, 0.4) is 0 Å². The van der Waals surface area contributed by atoms with Crippen LogP contribution in [-0.2, 0) is 99.6 Å². The fourth-order valence-corrected chi connectivity index (χ4v) is 15.5. The molecule has 12 nitrogen and oxygen atoms in total. The van der Waals surface area contributed by atoms with E-state index < -0.39 is 21.7 Å². The zero-order valence-corrected chi connectivity index (χ0v) is 99.3. The van der Waals surface area contributed by atoms with Gasteiger partial charge in [-0.3, -0.25) is 19.2 Å². The third kappa shape index (κ3) is 37.3. The average Bonchev–Trinajstić information content (AvgIpc) is 1.21. The average molecular weight is 2660 g/mol. The maximum Gasteiger partial charge on any atom is 0.164 e. The normalized spacial score (nSPS) is 12.0. The van der Waals surface area contributed by atoms with E-state index in [4.69, 9.17) is 19.9 Å². The number of para-hydroxylation sites is 3. The van der Waals surface area contributed by atoms with E-state index in [-0.39, 0.29) is 148 Å². The quantitative estimate of drug-likeness (QED) is 0.0543. The molecular weight excluding hydrogens is 2520 g/mol. The molecule has 0 aliphatic carbocycles. The molecule has 0 amide bonds. The molecular formula is C120H136Ir4N4O8S4-4. The molecule has 140 heavy (non-hydrogen) atoms. The molecule has 0 saturated heterocycles. The van der Waals surface area contributed by atoms with Gasteiger partial charge < -0.3 is 40.4 Å². The molecule has 7 aromatic carbocycles. The molecule has 8 aromatic heterocycles. The van der Waals surface area contributed by atoms with E-state index in [2.05, 4.69) is 242 Å². The van der Waals surface area contributed by atoms with Gasteiger partial charge in [0, 0.05) is 170 Å². The summed E-state index contributed by atoms with van der Waals surface area (Å²) in [6.45, 7) is 57.1. The first-order valence-corrected chi connectivity index (χ1v) is 49.0. The molecule has 0 aliphatic heterocycles. The number of hydrogen-bond acceptors (Lipinski definition) is 16. The van der Waals surface area contributed by atoms with Gasteiger partial charge in [-0.1, -0.05) is 425 Å². The molecule has 4 N–H and O–H groups in total. The summed E-state index contributed by atoms with van der Waals surface area (Å²) in [7, 11) is 0. The number of carbonyl (C=O) groups excluding carboxylic acids is 4. The van der Waals surface area contributed by atoms with Crippen LogP contribution in [0.15, 0.2) is 278 Å². The number of aromatic nitrogens is 4. The van der Waals surface area contributed by atoms with E-state index in [1.165, 1.54) is 110 Å². The van der Waals surface area contributed by atoms with Crippen molar-refractivity contribution in [1.29, 1.82) is 0 Å². The molecule has 0 unspecified atom stereocenters. The summed E-state index contributed by atoms with van der Waals surface area (Å²) in [5.41, 5.74) is 15.0. The van der Waals surface area contributed by atoms with Gasteiger partial charge in [0.25, 0.3) is 0 Å². The summed E-state index contributed by atoms with van der Waals surface area (Å²) < 4.78 is 0. The Morgan fingerprint density at radius 3 is 0.793 bits per heavy atom. The first-order chi connectivity index (χ1) is 63.3. The number of ketones is 4. The van der Waals surface area contributed by atoms with Crippen molar-refractivity contribution in [2.45, 2.75) is 208 Å². The Morgan fingerprint density at radius 2 is 0.507 bits per heavy atom. The number of pyridine rings is 4. The van der Waals surface area contributed by atoms with Crippen LogP contribution in [-0.4, -0.2) is 63.5 Å². The minimum atomic E-state index is -0.417. The minimum absolute atomic E-state index is 0. The van der Waals surface area contributed by atoms with Crippen LogP contribution in [0.2, 0.25) is 0 Å². The standard InChI is InChI=1S/C21H16NS.2C20H14NS.C15H12NS.4C11H20O2.4Ir/c1-14-8-10-17-18(16-6-4-3-5-7-16)13-20(22-19(17)12-14)21-11-9-15(2)23-21;1-14-13-18(21-17-10-6-5-9-16(14)17)20-12-11-19(22-20)15-7-3-2-4-8-15;1-14-11-12-20(22-14)19-13-17(15-7-3-2-4-8-15)16-9-5-6-10-18(16)21-19;1-10-9-14(15-8-7-11(2)17-15)16-13-6-4-3-5-12(10)13;4*1-10(2,3)8(12)7-9(13)11(4,5)6;;;;/h3-10,12-13H,1-2H3;2*2-11,13H,1H3;3-7,9H,1-2H3;4*7,12H,1-6H3;;;;/q4*-1;;;;;;;;. The first-order valence-electron chi connectivity index (χ1n) is 45.8. The molecule has 15 rings (SSSR count). The van der Waals surface area contributed by atoms with Crippen LogP contribution in [0.25, 0.3) is 119 Å². The zero-order valence-electron chi connectivity index (χ0n) is 86.4. The predicted octanol–water partition coefficient (Wildman–Crippen LogP) is 34.3. The van der Waals surface area contributed by atoms with Crippen molar-refractivity contribution >= 4 is 112 Å². The van der Waals surface area contributed by atoms with Gasteiger partial charge in [0.1, 0.15) is 23.0 Å². The number of allylic oxidation sites excluding steroid dienone is 8. The van der Waals surface area contributed by atoms with Crippen LogP contribution < -0.4 is 0 Å². The smallest absolute Gasteiger partial charge is 0.164 e. The number of hydrogen-bond donors (Lipinski definition) is 4. The minimum Gasteiger partial charge on any atom is -0.512 e. The number of carbonyl (C=O) groups is 4. The van der Waals surface area contributed by atoms with Crippen molar-refractivity contribution in [2.75, 3.05) is 0 Å². The van der Waals surface area contributed by atoms with E-state index in [1.807, 2.05) is 221 Å². The molecule has 0 fully saturated rings. The van der Waals surface area contributed by atoms with Gasteiger partial charge in [-0.2, -0.15) is 48.5 Å². The van der Waals surface area contributed by atoms with Crippen molar-refractivity contribution in [1.82, 2.24) is 19.9 Å². The van der Waals surface area contributed by atoms with Gasteiger partial charge >= 0.3 is 0 Å². The fourth-order valence-electron chi connectivity index (χ4n) is 12.3. The van der Waals surface area contributed by atoms with Gasteiger partial charge in [0.2, 0.25) is 0 Å². The number of aliphatic hydroxyl groups is 4. The molecule has 0 atom stereocenters. The van der Waals surface area contributed by atoms with E-state index >= 15 is 0 Å². The molecule has 4 radical (unpaired) electrons. The Morgan fingerprint density at radius 1 is 0.264 bits per heavy atom.